The average molecular weight is 271 g/mol. The molecule has 0 unspecified atom stereocenters. The maximum atomic E-state index is 5.60. The summed E-state index contributed by atoms with van der Waals surface area (Å²) in [6.45, 7) is 4.94. The van der Waals surface area contributed by atoms with Crippen molar-refractivity contribution in [2.75, 3.05) is 0 Å². The number of benzene rings is 2. The molecule has 2 rings (SSSR count). The number of nitrogens with two attached hydrogens (primary N) is 1. The van der Waals surface area contributed by atoms with E-state index in [1.54, 1.807) is 0 Å². The minimum Gasteiger partial charge on any atom is -0.326 e. The van der Waals surface area contributed by atoms with Gasteiger partial charge in [0, 0.05) is 18.1 Å². The maximum absolute atomic E-state index is 5.60. The van der Waals surface area contributed by atoms with Gasteiger partial charge in [-0.2, -0.15) is 11.8 Å². The van der Waals surface area contributed by atoms with Crippen molar-refractivity contribution in [1.29, 1.82) is 0 Å². The van der Waals surface area contributed by atoms with Crippen LogP contribution in [0.1, 0.15) is 27.8 Å². The summed E-state index contributed by atoms with van der Waals surface area (Å²) in [4.78, 5) is 0. The van der Waals surface area contributed by atoms with Gasteiger partial charge in [-0.3, -0.25) is 0 Å². The minimum absolute atomic E-state index is 0.621. The Morgan fingerprint density at radius 1 is 0.789 bits per heavy atom. The van der Waals surface area contributed by atoms with E-state index in [1.807, 2.05) is 11.8 Å². The summed E-state index contributed by atoms with van der Waals surface area (Å²) in [5.41, 5.74) is 12.3. The molecule has 0 spiro atoms. The Kier molecular flexibility index (Phi) is 5.06. The molecule has 0 radical (unpaired) electrons. The third-order valence-corrected chi connectivity index (χ3v) is 4.15. The minimum atomic E-state index is 0.621. The van der Waals surface area contributed by atoms with Gasteiger partial charge >= 0.3 is 0 Å². The average Bonchev–Trinajstić information content (AvgIpc) is 2.38. The SMILES string of the molecule is Cc1cc(C)cc(CSCc2ccc(CN)cc2)c1. The molecule has 0 bridgehead atoms. The zero-order valence-electron chi connectivity index (χ0n) is 11.6. The van der Waals surface area contributed by atoms with Gasteiger partial charge < -0.3 is 5.73 Å². The summed E-state index contributed by atoms with van der Waals surface area (Å²) >= 11 is 1.96. The van der Waals surface area contributed by atoms with E-state index in [9.17, 15) is 0 Å². The number of aryl methyl sites for hydroxylation is 2. The molecule has 2 aromatic rings. The van der Waals surface area contributed by atoms with Gasteiger partial charge in [-0.15, -0.1) is 0 Å². The normalized spacial score (nSPS) is 10.7. The van der Waals surface area contributed by atoms with Crippen molar-refractivity contribution in [3.8, 4) is 0 Å². The lowest BCUT2D eigenvalue weighted by Crippen LogP contribution is -1.95. The van der Waals surface area contributed by atoms with Crippen molar-refractivity contribution in [1.82, 2.24) is 0 Å². The van der Waals surface area contributed by atoms with Crippen LogP contribution < -0.4 is 5.73 Å². The molecule has 0 aliphatic carbocycles. The Morgan fingerprint density at radius 3 is 1.89 bits per heavy atom. The van der Waals surface area contributed by atoms with E-state index in [0.717, 1.165) is 11.5 Å². The van der Waals surface area contributed by atoms with E-state index < -0.39 is 0 Å². The van der Waals surface area contributed by atoms with Crippen molar-refractivity contribution >= 4 is 11.8 Å². The predicted octanol–water partition coefficient (Wildman–Crippen LogP) is 4.20. The predicted molar refractivity (Wildman–Crippen MR) is 85.2 cm³/mol. The van der Waals surface area contributed by atoms with E-state index in [4.69, 9.17) is 5.73 Å². The number of hydrogen-bond donors (Lipinski definition) is 1. The number of thioether (sulfide) groups is 1. The monoisotopic (exact) mass is 271 g/mol. The summed E-state index contributed by atoms with van der Waals surface area (Å²) in [7, 11) is 0. The van der Waals surface area contributed by atoms with Crippen LogP contribution in [0.4, 0.5) is 0 Å². The Hall–Kier alpha value is -1.25. The Balaban J connectivity index is 1.88. The highest BCUT2D eigenvalue weighted by atomic mass is 32.2. The van der Waals surface area contributed by atoms with E-state index in [-0.39, 0.29) is 0 Å². The van der Waals surface area contributed by atoms with Gasteiger partial charge in [0.15, 0.2) is 0 Å². The topological polar surface area (TPSA) is 26.0 Å². The third-order valence-electron chi connectivity index (χ3n) is 3.08. The number of rotatable bonds is 5. The van der Waals surface area contributed by atoms with Crippen molar-refractivity contribution in [2.45, 2.75) is 31.9 Å². The smallest absolute Gasteiger partial charge is 0.0188 e. The largest absolute Gasteiger partial charge is 0.326 e. The maximum Gasteiger partial charge on any atom is 0.0188 e. The van der Waals surface area contributed by atoms with Gasteiger partial charge in [0.25, 0.3) is 0 Å². The fourth-order valence-electron chi connectivity index (χ4n) is 2.21. The highest BCUT2D eigenvalue weighted by Gasteiger charge is 1.98. The molecule has 0 aliphatic rings. The molecule has 0 aliphatic heterocycles. The first-order valence-corrected chi connectivity index (χ1v) is 7.75. The molecule has 2 aromatic carbocycles. The van der Waals surface area contributed by atoms with Gasteiger partial charge in [-0.05, 0) is 30.5 Å². The standard InChI is InChI=1S/C17H21NS/c1-13-7-14(2)9-17(8-13)12-19-11-16-5-3-15(10-18)4-6-16/h3-9H,10-12,18H2,1-2H3. The van der Waals surface area contributed by atoms with Crippen LogP contribution in [0.3, 0.4) is 0 Å². The lowest BCUT2D eigenvalue weighted by molar-refractivity contribution is 1.07. The highest BCUT2D eigenvalue weighted by molar-refractivity contribution is 7.97. The van der Waals surface area contributed by atoms with E-state index in [0.29, 0.717) is 6.54 Å². The van der Waals surface area contributed by atoms with Crippen molar-refractivity contribution in [2.24, 2.45) is 5.73 Å². The fourth-order valence-corrected chi connectivity index (χ4v) is 3.14. The van der Waals surface area contributed by atoms with Gasteiger partial charge in [-0.25, -0.2) is 0 Å². The second-order valence-corrected chi connectivity index (χ2v) is 5.99. The van der Waals surface area contributed by atoms with Crippen LogP contribution in [0.25, 0.3) is 0 Å². The number of hydrogen-bond acceptors (Lipinski definition) is 2. The second kappa shape index (κ2) is 6.78. The lowest BCUT2D eigenvalue weighted by atomic mass is 10.1. The van der Waals surface area contributed by atoms with Gasteiger partial charge in [-0.1, -0.05) is 53.6 Å². The zero-order valence-corrected chi connectivity index (χ0v) is 12.5. The molecule has 0 amide bonds. The van der Waals surface area contributed by atoms with Crippen molar-refractivity contribution < 1.29 is 0 Å². The molecular weight excluding hydrogens is 250 g/mol. The van der Waals surface area contributed by atoms with Crippen LogP contribution in [-0.4, -0.2) is 0 Å². The molecular formula is C17H21NS. The fraction of sp³-hybridized carbons (Fsp3) is 0.294. The zero-order chi connectivity index (χ0) is 13.7. The lowest BCUT2D eigenvalue weighted by Gasteiger charge is -2.06. The summed E-state index contributed by atoms with van der Waals surface area (Å²) in [5.74, 6) is 2.12. The third kappa shape index (κ3) is 4.41. The first-order chi connectivity index (χ1) is 9.17. The summed E-state index contributed by atoms with van der Waals surface area (Å²) in [6.07, 6.45) is 0. The van der Waals surface area contributed by atoms with Gasteiger partial charge in [0.1, 0.15) is 0 Å². The molecule has 0 atom stereocenters. The van der Waals surface area contributed by atoms with E-state index in [2.05, 4.69) is 56.3 Å². The van der Waals surface area contributed by atoms with E-state index >= 15 is 0 Å². The molecule has 0 heterocycles. The molecule has 2 heteroatoms. The molecule has 100 valence electrons. The van der Waals surface area contributed by atoms with Crippen LogP contribution >= 0.6 is 11.8 Å². The quantitative estimate of drug-likeness (QED) is 0.882. The molecule has 0 fully saturated rings. The first-order valence-electron chi connectivity index (χ1n) is 6.60. The highest BCUT2D eigenvalue weighted by Crippen LogP contribution is 2.20. The summed E-state index contributed by atoms with van der Waals surface area (Å²) in [6, 6.07) is 15.4. The van der Waals surface area contributed by atoms with Gasteiger partial charge in [0.05, 0.1) is 0 Å². The molecule has 0 saturated heterocycles. The van der Waals surface area contributed by atoms with Crippen LogP contribution in [0.15, 0.2) is 42.5 Å². The molecule has 2 N–H and O–H groups in total. The summed E-state index contributed by atoms with van der Waals surface area (Å²) in [5, 5.41) is 0. The van der Waals surface area contributed by atoms with Crippen LogP contribution in [-0.2, 0) is 18.1 Å². The van der Waals surface area contributed by atoms with Crippen LogP contribution in [0.2, 0.25) is 0 Å². The molecule has 1 nitrogen and oxygen atoms in total. The first kappa shape index (κ1) is 14.2. The Bertz CT molecular complexity index is 511. The molecule has 0 aromatic heterocycles. The van der Waals surface area contributed by atoms with Crippen molar-refractivity contribution in [3.63, 3.8) is 0 Å². The molecule has 0 saturated carbocycles. The van der Waals surface area contributed by atoms with Crippen LogP contribution in [0, 0.1) is 13.8 Å². The van der Waals surface area contributed by atoms with Crippen LogP contribution in [0.5, 0.6) is 0 Å². The second-order valence-electron chi connectivity index (χ2n) is 5.01. The van der Waals surface area contributed by atoms with E-state index in [1.165, 1.54) is 27.8 Å². The molecule has 19 heavy (non-hydrogen) atoms. The summed E-state index contributed by atoms with van der Waals surface area (Å²) < 4.78 is 0. The van der Waals surface area contributed by atoms with Crippen molar-refractivity contribution in [3.05, 3.63) is 70.3 Å². The Morgan fingerprint density at radius 2 is 1.32 bits per heavy atom. The van der Waals surface area contributed by atoms with Gasteiger partial charge in [0.2, 0.25) is 0 Å². The Labute approximate surface area is 120 Å².